The first-order valence-electron chi connectivity index (χ1n) is 3.11. The molecule has 1 rings (SSSR count). The summed E-state index contributed by atoms with van der Waals surface area (Å²) in [6.07, 6.45) is 6.72. The van der Waals surface area contributed by atoms with E-state index in [4.69, 9.17) is 9.90 Å². The zero-order valence-corrected chi connectivity index (χ0v) is 5.43. The molecule has 1 aliphatic rings. The van der Waals surface area contributed by atoms with Crippen LogP contribution >= 0.6 is 0 Å². The number of carboxylic acid groups (broad SMARTS) is 1. The molecule has 1 aliphatic carbocycles. The Morgan fingerprint density at radius 3 is 1.56 bits per heavy atom. The summed E-state index contributed by atoms with van der Waals surface area (Å²) in [7, 11) is 0. The SMILES string of the molecule is C1CCC1.C=CC(=O)[O-]. The minimum Gasteiger partial charge on any atom is -0.545 e. The van der Waals surface area contributed by atoms with Crippen molar-refractivity contribution < 1.29 is 9.90 Å². The Balaban J connectivity index is 0.000000144. The Kier molecular flexibility index (Phi) is 4.88. The van der Waals surface area contributed by atoms with Gasteiger partial charge in [-0.3, -0.25) is 0 Å². The summed E-state index contributed by atoms with van der Waals surface area (Å²) in [6, 6.07) is 0. The number of carbonyl (C=O) groups excluding carboxylic acids is 1. The predicted octanol–water partition coefficient (Wildman–Crippen LogP) is 0.483. The van der Waals surface area contributed by atoms with Crippen molar-refractivity contribution in [3.05, 3.63) is 12.7 Å². The molecule has 0 atom stereocenters. The highest BCUT2D eigenvalue weighted by molar-refractivity contribution is 5.76. The summed E-state index contributed by atoms with van der Waals surface area (Å²) in [5.74, 6) is -1.23. The van der Waals surface area contributed by atoms with Gasteiger partial charge in [-0.15, -0.1) is 0 Å². The first-order chi connectivity index (χ1) is 4.27. The van der Waals surface area contributed by atoms with Gasteiger partial charge < -0.3 is 9.90 Å². The Labute approximate surface area is 55.2 Å². The Bertz CT molecular complexity index is 89.1. The topological polar surface area (TPSA) is 40.1 Å². The van der Waals surface area contributed by atoms with Crippen LogP contribution in [0.3, 0.4) is 0 Å². The van der Waals surface area contributed by atoms with Gasteiger partial charge in [-0.2, -0.15) is 0 Å². The average Bonchev–Trinajstić information content (AvgIpc) is 1.61. The third-order valence-corrected chi connectivity index (χ3v) is 1.17. The van der Waals surface area contributed by atoms with Crippen molar-refractivity contribution in [2.24, 2.45) is 0 Å². The highest BCUT2D eigenvalue weighted by atomic mass is 16.4. The van der Waals surface area contributed by atoms with Gasteiger partial charge in [0.05, 0.1) is 5.97 Å². The van der Waals surface area contributed by atoms with Crippen LogP contribution < -0.4 is 5.11 Å². The molecule has 1 fully saturated rings. The fourth-order valence-electron chi connectivity index (χ4n) is 0.250. The van der Waals surface area contributed by atoms with Gasteiger partial charge in [-0.05, 0) is 6.08 Å². The van der Waals surface area contributed by atoms with Gasteiger partial charge in [0.15, 0.2) is 0 Å². The number of carboxylic acids is 1. The Hall–Kier alpha value is -0.790. The normalized spacial score (nSPS) is 14.2. The molecule has 0 unspecified atom stereocenters. The van der Waals surface area contributed by atoms with E-state index in [2.05, 4.69) is 6.58 Å². The molecule has 0 heterocycles. The van der Waals surface area contributed by atoms with Gasteiger partial charge >= 0.3 is 0 Å². The lowest BCUT2D eigenvalue weighted by Gasteiger charge is -2.05. The largest absolute Gasteiger partial charge is 0.545 e. The maximum absolute atomic E-state index is 9.14. The summed E-state index contributed by atoms with van der Waals surface area (Å²) in [4.78, 5) is 9.14. The highest BCUT2D eigenvalue weighted by Gasteiger charge is 1.95. The van der Waals surface area contributed by atoms with E-state index < -0.39 is 5.97 Å². The van der Waals surface area contributed by atoms with E-state index in [1.165, 1.54) is 25.7 Å². The highest BCUT2D eigenvalue weighted by Crippen LogP contribution is 2.15. The van der Waals surface area contributed by atoms with Crippen LogP contribution in [0.25, 0.3) is 0 Å². The van der Waals surface area contributed by atoms with Gasteiger partial charge in [-0.25, -0.2) is 0 Å². The lowest BCUT2D eigenvalue weighted by molar-refractivity contribution is -0.297. The van der Waals surface area contributed by atoms with Gasteiger partial charge in [0.1, 0.15) is 0 Å². The van der Waals surface area contributed by atoms with Crippen molar-refractivity contribution in [1.82, 2.24) is 0 Å². The summed E-state index contributed by atoms with van der Waals surface area (Å²) in [5.41, 5.74) is 0. The summed E-state index contributed by atoms with van der Waals surface area (Å²) in [5, 5.41) is 9.14. The third-order valence-electron chi connectivity index (χ3n) is 1.17. The second-order valence-electron chi connectivity index (χ2n) is 1.94. The van der Waals surface area contributed by atoms with E-state index in [9.17, 15) is 0 Å². The van der Waals surface area contributed by atoms with Gasteiger partial charge in [-0.1, -0.05) is 32.3 Å². The molecule has 9 heavy (non-hydrogen) atoms. The van der Waals surface area contributed by atoms with E-state index in [0.29, 0.717) is 0 Å². The van der Waals surface area contributed by atoms with Crippen LogP contribution in [0, 0.1) is 0 Å². The van der Waals surface area contributed by atoms with Crippen molar-refractivity contribution in [3.63, 3.8) is 0 Å². The molecule has 2 heteroatoms. The van der Waals surface area contributed by atoms with E-state index in [1.807, 2.05) is 0 Å². The molecule has 0 aromatic carbocycles. The average molecular weight is 127 g/mol. The fourth-order valence-corrected chi connectivity index (χ4v) is 0.250. The molecular weight excluding hydrogens is 116 g/mol. The van der Waals surface area contributed by atoms with E-state index in [-0.39, 0.29) is 0 Å². The molecule has 0 saturated heterocycles. The second kappa shape index (κ2) is 5.35. The minimum absolute atomic E-state index is 0.722. The molecule has 0 amide bonds. The smallest absolute Gasteiger partial charge is 0.0636 e. The Morgan fingerprint density at radius 1 is 1.33 bits per heavy atom. The maximum atomic E-state index is 9.14. The van der Waals surface area contributed by atoms with Gasteiger partial charge in [0.25, 0.3) is 0 Å². The number of carbonyl (C=O) groups is 1. The van der Waals surface area contributed by atoms with Crippen LogP contribution in [0.1, 0.15) is 25.7 Å². The number of hydrogen-bond acceptors (Lipinski definition) is 2. The molecule has 0 bridgehead atoms. The predicted molar refractivity (Wildman–Crippen MR) is 33.7 cm³/mol. The summed E-state index contributed by atoms with van der Waals surface area (Å²) < 4.78 is 0. The molecule has 1 saturated carbocycles. The lowest BCUT2D eigenvalue weighted by Crippen LogP contribution is -2.17. The van der Waals surface area contributed by atoms with Crippen LogP contribution in [0.15, 0.2) is 12.7 Å². The summed E-state index contributed by atoms with van der Waals surface area (Å²) in [6.45, 7) is 2.90. The van der Waals surface area contributed by atoms with Gasteiger partial charge in [0, 0.05) is 0 Å². The van der Waals surface area contributed by atoms with Crippen LogP contribution in [-0.4, -0.2) is 5.97 Å². The first kappa shape index (κ1) is 8.21. The third kappa shape index (κ3) is 7.21. The first-order valence-corrected chi connectivity index (χ1v) is 3.11. The molecular formula is C7H11O2-. The fraction of sp³-hybridized carbons (Fsp3) is 0.571. The van der Waals surface area contributed by atoms with Crippen LogP contribution in [0.5, 0.6) is 0 Å². The zero-order chi connectivity index (χ0) is 7.11. The van der Waals surface area contributed by atoms with Gasteiger partial charge in [0.2, 0.25) is 0 Å². The van der Waals surface area contributed by atoms with E-state index in [1.54, 1.807) is 0 Å². The standard InChI is InChI=1S/C4H8.C3H4O2/c1-2-4-3-1;1-2-3(4)5/h1-4H2;2H,1H2,(H,4,5)/p-1. The molecule has 0 N–H and O–H groups in total. The quantitative estimate of drug-likeness (QED) is 0.481. The molecule has 0 aliphatic heterocycles. The lowest BCUT2D eigenvalue weighted by atomic mass is 10.0. The molecule has 2 nitrogen and oxygen atoms in total. The summed E-state index contributed by atoms with van der Waals surface area (Å²) >= 11 is 0. The molecule has 52 valence electrons. The van der Waals surface area contributed by atoms with Crippen LogP contribution in [0.2, 0.25) is 0 Å². The van der Waals surface area contributed by atoms with Crippen LogP contribution in [-0.2, 0) is 4.79 Å². The number of hydrogen-bond donors (Lipinski definition) is 0. The van der Waals surface area contributed by atoms with Crippen molar-refractivity contribution in [3.8, 4) is 0 Å². The van der Waals surface area contributed by atoms with E-state index in [0.717, 1.165) is 6.08 Å². The molecule has 0 aromatic rings. The minimum atomic E-state index is -1.23. The number of rotatable bonds is 1. The Morgan fingerprint density at radius 2 is 1.56 bits per heavy atom. The molecule has 0 aromatic heterocycles. The van der Waals surface area contributed by atoms with Crippen molar-refractivity contribution in [2.75, 3.05) is 0 Å². The molecule has 0 spiro atoms. The maximum Gasteiger partial charge on any atom is 0.0636 e. The van der Waals surface area contributed by atoms with Crippen molar-refractivity contribution in [2.45, 2.75) is 25.7 Å². The van der Waals surface area contributed by atoms with E-state index >= 15 is 0 Å². The van der Waals surface area contributed by atoms with Crippen molar-refractivity contribution in [1.29, 1.82) is 0 Å². The second-order valence-corrected chi connectivity index (χ2v) is 1.94. The van der Waals surface area contributed by atoms with Crippen LogP contribution in [0.4, 0.5) is 0 Å². The number of aliphatic carboxylic acids is 1. The monoisotopic (exact) mass is 127 g/mol. The molecule has 0 radical (unpaired) electrons. The van der Waals surface area contributed by atoms with Crippen molar-refractivity contribution >= 4 is 5.97 Å². The zero-order valence-electron chi connectivity index (χ0n) is 5.43.